The third-order valence-electron chi connectivity index (χ3n) is 3.56. The normalized spacial score (nSPS) is 23.7. The summed E-state index contributed by atoms with van der Waals surface area (Å²) in [5, 5.41) is 2.99. The van der Waals surface area contributed by atoms with Crippen molar-refractivity contribution in [3.63, 3.8) is 0 Å². The molecule has 2 unspecified atom stereocenters. The molecule has 1 fully saturated rings. The van der Waals surface area contributed by atoms with E-state index in [1.165, 1.54) is 24.6 Å². The van der Waals surface area contributed by atoms with Crippen LogP contribution in [0, 0.1) is 9.39 Å². The number of carbonyl (C=O) groups excluding carboxylic acids is 1. The Morgan fingerprint density at radius 1 is 1.32 bits per heavy atom. The molecule has 1 aliphatic rings. The zero-order valence-electron chi connectivity index (χ0n) is 10.7. The van der Waals surface area contributed by atoms with Gasteiger partial charge in [0.15, 0.2) is 0 Å². The van der Waals surface area contributed by atoms with Crippen molar-refractivity contribution < 1.29 is 9.18 Å². The second-order valence-corrected chi connectivity index (χ2v) is 6.17. The molecular formula is C14H18FIN2O. The molecule has 0 radical (unpaired) electrons. The highest BCUT2D eigenvalue weighted by molar-refractivity contribution is 14.1. The zero-order valence-corrected chi connectivity index (χ0v) is 12.8. The molecular weight excluding hydrogens is 358 g/mol. The molecule has 1 aromatic carbocycles. The molecule has 2 atom stereocenters. The SMILES string of the molecule is NC1CCCCCC1NC(=O)c1ccc(F)cc1I. The Hall–Kier alpha value is -0.690. The number of carbonyl (C=O) groups is 1. The van der Waals surface area contributed by atoms with Gasteiger partial charge in [-0.25, -0.2) is 4.39 Å². The molecule has 1 amide bonds. The Kier molecular flexibility index (Phi) is 5.15. The lowest BCUT2D eigenvalue weighted by Crippen LogP contribution is -2.47. The fourth-order valence-corrected chi connectivity index (χ4v) is 3.16. The first-order valence-corrected chi connectivity index (χ1v) is 7.67. The third-order valence-corrected chi connectivity index (χ3v) is 4.45. The first-order chi connectivity index (χ1) is 9.08. The van der Waals surface area contributed by atoms with Crippen molar-refractivity contribution in [2.24, 2.45) is 5.73 Å². The van der Waals surface area contributed by atoms with Crippen molar-refractivity contribution in [1.82, 2.24) is 5.32 Å². The largest absolute Gasteiger partial charge is 0.348 e. The van der Waals surface area contributed by atoms with Crippen LogP contribution in [0.5, 0.6) is 0 Å². The topological polar surface area (TPSA) is 55.1 Å². The lowest BCUT2D eigenvalue weighted by atomic mass is 10.0. The summed E-state index contributed by atoms with van der Waals surface area (Å²) in [4.78, 5) is 12.2. The van der Waals surface area contributed by atoms with Crippen molar-refractivity contribution in [1.29, 1.82) is 0 Å². The standard InChI is InChI=1S/C14H18FIN2O/c15-9-6-7-10(11(16)8-9)14(19)18-13-5-3-1-2-4-12(13)17/h6-8,12-13H,1-5,17H2,(H,18,19). The highest BCUT2D eigenvalue weighted by Crippen LogP contribution is 2.18. The summed E-state index contributed by atoms with van der Waals surface area (Å²) in [6.07, 6.45) is 5.27. The van der Waals surface area contributed by atoms with E-state index < -0.39 is 0 Å². The van der Waals surface area contributed by atoms with Gasteiger partial charge in [-0.2, -0.15) is 0 Å². The molecule has 0 heterocycles. The Bertz CT molecular complexity index is 467. The van der Waals surface area contributed by atoms with E-state index in [1.54, 1.807) is 0 Å². The molecule has 0 aliphatic heterocycles. The fraction of sp³-hybridized carbons (Fsp3) is 0.500. The summed E-state index contributed by atoms with van der Waals surface area (Å²) >= 11 is 1.98. The monoisotopic (exact) mass is 376 g/mol. The number of hydrogen-bond donors (Lipinski definition) is 2. The van der Waals surface area contributed by atoms with Gasteiger partial charge in [0.05, 0.1) is 5.56 Å². The van der Waals surface area contributed by atoms with Gasteiger partial charge in [-0.1, -0.05) is 19.3 Å². The van der Waals surface area contributed by atoms with Gasteiger partial charge in [-0.15, -0.1) is 0 Å². The zero-order chi connectivity index (χ0) is 13.8. The minimum Gasteiger partial charge on any atom is -0.348 e. The van der Waals surface area contributed by atoms with Crippen LogP contribution in [0.3, 0.4) is 0 Å². The van der Waals surface area contributed by atoms with Gasteiger partial charge >= 0.3 is 0 Å². The molecule has 104 valence electrons. The first-order valence-electron chi connectivity index (χ1n) is 6.59. The van der Waals surface area contributed by atoms with Gasteiger partial charge in [0, 0.05) is 15.7 Å². The number of amides is 1. The average molecular weight is 376 g/mol. The van der Waals surface area contributed by atoms with Gasteiger partial charge in [-0.3, -0.25) is 4.79 Å². The van der Waals surface area contributed by atoms with Crippen molar-refractivity contribution >= 4 is 28.5 Å². The van der Waals surface area contributed by atoms with Crippen LogP contribution in [-0.2, 0) is 0 Å². The summed E-state index contributed by atoms with van der Waals surface area (Å²) in [7, 11) is 0. The van der Waals surface area contributed by atoms with E-state index in [0.717, 1.165) is 25.7 Å². The van der Waals surface area contributed by atoms with Gasteiger partial charge in [-0.05, 0) is 53.6 Å². The lowest BCUT2D eigenvalue weighted by molar-refractivity contribution is 0.0928. The van der Waals surface area contributed by atoms with E-state index in [1.807, 2.05) is 22.6 Å². The number of rotatable bonds is 2. The predicted octanol–water partition coefficient (Wildman–Crippen LogP) is 2.82. The second kappa shape index (κ2) is 6.65. The van der Waals surface area contributed by atoms with Crippen LogP contribution in [-0.4, -0.2) is 18.0 Å². The summed E-state index contributed by atoms with van der Waals surface area (Å²) in [6.45, 7) is 0. The van der Waals surface area contributed by atoms with Crippen LogP contribution in [0.2, 0.25) is 0 Å². The molecule has 0 bridgehead atoms. The van der Waals surface area contributed by atoms with Crippen molar-refractivity contribution in [3.05, 3.63) is 33.1 Å². The summed E-state index contributed by atoms with van der Waals surface area (Å²) in [5.74, 6) is -0.487. The predicted molar refractivity (Wildman–Crippen MR) is 81.4 cm³/mol. The highest BCUT2D eigenvalue weighted by Gasteiger charge is 2.23. The molecule has 3 nitrogen and oxygen atoms in total. The molecule has 2 rings (SSSR count). The van der Waals surface area contributed by atoms with E-state index >= 15 is 0 Å². The van der Waals surface area contributed by atoms with Gasteiger partial charge in [0.2, 0.25) is 0 Å². The Balaban J connectivity index is 2.07. The molecule has 5 heteroatoms. The molecule has 1 aliphatic carbocycles. The molecule has 19 heavy (non-hydrogen) atoms. The number of hydrogen-bond acceptors (Lipinski definition) is 2. The number of nitrogens with one attached hydrogen (secondary N) is 1. The molecule has 0 aromatic heterocycles. The van der Waals surface area contributed by atoms with E-state index in [4.69, 9.17) is 5.73 Å². The van der Waals surface area contributed by atoms with Crippen LogP contribution in [0.4, 0.5) is 4.39 Å². The van der Waals surface area contributed by atoms with Crippen LogP contribution < -0.4 is 11.1 Å². The van der Waals surface area contributed by atoms with Crippen LogP contribution >= 0.6 is 22.6 Å². The highest BCUT2D eigenvalue weighted by atomic mass is 127. The minimum atomic E-state index is -0.327. The maximum absolute atomic E-state index is 13.0. The average Bonchev–Trinajstić information content (AvgIpc) is 2.55. The maximum Gasteiger partial charge on any atom is 0.252 e. The van der Waals surface area contributed by atoms with Crippen LogP contribution in [0.15, 0.2) is 18.2 Å². The number of halogens is 2. The number of benzene rings is 1. The Morgan fingerprint density at radius 3 is 2.79 bits per heavy atom. The van der Waals surface area contributed by atoms with E-state index in [0.29, 0.717) is 9.13 Å². The smallest absolute Gasteiger partial charge is 0.252 e. The third kappa shape index (κ3) is 3.89. The van der Waals surface area contributed by atoms with Crippen molar-refractivity contribution in [3.8, 4) is 0 Å². The van der Waals surface area contributed by atoms with Gasteiger partial charge in [0.25, 0.3) is 5.91 Å². The molecule has 1 aromatic rings. The summed E-state index contributed by atoms with van der Waals surface area (Å²) in [5.41, 5.74) is 6.60. The van der Waals surface area contributed by atoms with Gasteiger partial charge in [0.1, 0.15) is 5.82 Å². The van der Waals surface area contributed by atoms with Crippen LogP contribution in [0.1, 0.15) is 42.5 Å². The minimum absolute atomic E-state index is 0.0181. The quantitative estimate of drug-likeness (QED) is 0.616. The second-order valence-electron chi connectivity index (χ2n) is 5.01. The van der Waals surface area contributed by atoms with E-state index in [2.05, 4.69) is 5.32 Å². The first kappa shape index (κ1) is 14.7. The Morgan fingerprint density at radius 2 is 2.05 bits per heavy atom. The fourth-order valence-electron chi connectivity index (χ4n) is 2.44. The Labute approximate surface area is 126 Å². The lowest BCUT2D eigenvalue weighted by Gasteiger charge is -2.23. The van der Waals surface area contributed by atoms with E-state index in [9.17, 15) is 9.18 Å². The summed E-state index contributed by atoms with van der Waals surface area (Å²) < 4.78 is 13.7. The molecule has 3 N–H and O–H groups in total. The van der Waals surface area contributed by atoms with Gasteiger partial charge < -0.3 is 11.1 Å². The molecule has 0 saturated heterocycles. The summed E-state index contributed by atoms with van der Waals surface area (Å²) in [6, 6.07) is 4.24. The van der Waals surface area contributed by atoms with E-state index in [-0.39, 0.29) is 23.8 Å². The number of nitrogens with two attached hydrogens (primary N) is 1. The van der Waals surface area contributed by atoms with Crippen molar-refractivity contribution in [2.75, 3.05) is 0 Å². The molecule has 1 saturated carbocycles. The molecule has 0 spiro atoms. The van der Waals surface area contributed by atoms with Crippen LogP contribution in [0.25, 0.3) is 0 Å². The maximum atomic E-state index is 13.0. The van der Waals surface area contributed by atoms with Crippen molar-refractivity contribution in [2.45, 2.75) is 44.2 Å².